The second-order valence-corrected chi connectivity index (χ2v) is 9.42. The molecule has 2 heterocycles. The van der Waals surface area contributed by atoms with Crippen LogP contribution in [0.4, 0.5) is 11.6 Å². The Labute approximate surface area is 278 Å². The highest BCUT2D eigenvalue weighted by molar-refractivity contribution is 5.94. The monoisotopic (exact) mass is 683 g/mol. The molecule has 0 spiro atoms. The minimum absolute atomic E-state index is 0.00660. The number of nitrogen functional groups attached to an aromatic ring is 1. The summed E-state index contributed by atoms with van der Waals surface area (Å²) in [6, 6.07) is 6.45. The lowest BCUT2D eigenvalue weighted by Crippen LogP contribution is -2.38. The summed E-state index contributed by atoms with van der Waals surface area (Å²) >= 11 is 0. The number of aromatic nitrogens is 4. The summed E-state index contributed by atoms with van der Waals surface area (Å²) in [5.74, 6) is -0.864. The third-order valence-electron chi connectivity index (χ3n) is 5.88. The summed E-state index contributed by atoms with van der Waals surface area (Å²) in [6.07, 6.45) is 0.519. The van der Waals surface area contributed by atoms with Gasteiger partial charge in [-0.15, -0.1) is 0 Å². The van der Waals surface area contributed by atoms with Gasteiger partial charge in [0.15, 0.2) is 17.4 Å². The van der Waals surface area contributed by atoms with Gasteiger partial charge < -0.3 is 41.6 Å². The van der Waals surface area contributed by atoms with Crippen LogP contribution in [0, 0.1) is 0 Å². The summed E-state index contributed by atoms with van der Waals surface area (Å²) in [5, 5.41) is 14.9. The average molecular weight is 684 g/mol. The van der Waals surface area contributed by atoms with Crippen LogP contribution >= 0.6 is 0 Å². The summed E-state index contributed by atoms with van der Waals surface area (Å²) < 4.78 is 15.0. The fourth-order valence-electron chi connectivity index (χ4n) is 3.66. The molecule has 0 aliphatic rings. The van der Waals surface area contributed by atoms with Crippen molar-refractivity contribution in [3.63, 3.8) is 0 Å². The molecule has 0 aliphatic heterocycles. The fourth-order valence-corrected chi connectivity index (χ4v) is 3.66. The molecular formula is C27H37N15O7. The molecule has 1 aromatic carbocycles. The molecule has 22 nitrogen and oxygen atoms in total. The number of ether oxygens (including phenoxy) is 3. The zero-order valence-corrected chi connectivity index (χ0v) is 26.4. The van der Waals surface area contributed by atoms with Gasteiger partial charge in [0.1, 0.15) is 0 Å². The molecular weight excluding hydrogens is 646 g/mol. The number of hydrogen-bond acceptors (Lipinski definition) is 15. The van der Waals surface area contributed by atoms with E-state index in [2.05, 4.69) is 55.9 Å². The summed E-state index contributed by atoms with van der Waals surface area (Å²) in [4.78, 5) is 67.3. The lowest BCUT2D eigenvalue weighted by atomic mass is 10.2. The van der Waals surface area contributed by atoms with Crippen molar-refractivity contribution in [3.05, 3.63) is 73.0 Å². The lowest BCUT2D eigenvalue weighted by molar-refractivity contribution is -0.136. The highest BCUT2D eigenvalue weighted by Crippen LogP contribution is 2.12. The number of rotatable bonds is 21. The van der Waals surface area contributed by atoms with Crippen LogP contribution < -0.4 is 33.0 Å². The number of nitrogens with zero attached hydrogens (tertiary/aromatic N) is 9. The number of amides is 2. The molecule has 0 saturated heterocycles. The first-order chi connectivity index (χ1) is 23.8. The van der Waals surface area contributed by atoms with Crippen molar-refractivity contribution in [2.45, 2.75) is 25.6 Å². The minimum atomic E-state index is -1.01. The molecule has 3 aromatic rings. The molecule has 0 unspecified atom stereocenters. The van der Waals surface area contributed by atoms with Crippen LogP contribution in [-0.2, 0) is 30.3 Å². The summed E-state index contributed by atoms with van der Waals surface area (Å²) in [5.41, 5.74) is 27.8. The zero-order valence-electron chi connectivity index (χ0n) is 26.4. The largest absolute Gasteiger partial charge is 0.444 e. The number of aromatic amines is 1. The Morgan fingerprint density at radius 3 is 2.39 bits per heavy atom. The van der Waals surface area contributed by atoms with Crippen LogP contribution in [0.25, 0.3) is 32.0 Å². The third-order valence-corrected chi connectivity index (χ3v) is 5.88. The highest BCUT2D eigenvalue weighted by atomic mass is 16.5. The molecule has 2 amide bonds. The van der Waals surface area contributed by atoms with Gasteiger partial charge in [0.25, 0.3) is 17.9 Å². The van der Waals surface area contributed by atoms with Crippen molar-refractivity contribution in [1.29, 1.82) is 0 Å². The van der Waals surface area contributed by atoms with E-state index < -0.39 is 17.7 Å². The van der Waals surface area contributed by atoms with Crippen molar-refractivity contribution < 1.29 is 28.6 Å². The number of carbonyl (C=O) groups excluding carboxylic acids is 3. The summed E-state index contributed by atoms with van der Waals surface area (Å²) in [6.45, 7) is 3.26. The molecule has 0 aliphatic carbocycles. The van der Waals surface area contributed by atoms with E-state index in [0.29, 0.717) is 43.2 Å². The van der Waals surface area contributed by atoms with Gasteiger partial charge in [-0.3, -0.25) is 24.2 Å². The van der Waals surface area contributed by atoms with E-state index in [4.69, 9.17) is 36.7 Å². The number of H-pyrrole nitrogens is 1. The van der Waals surface area contributed by atoms with E-state index >= 15 is 0 Å². The molecule has 2 aromatic heterocycles. The molecule has 49 heavy (non-hydrogen) atoms. The van der Waals surface area contributed by atoms with Gasteiger partial charge in [-0.05, 0) is 35.3 Å². The summed E-state index contributed by atoms with van der Waals surface area (Å²) in [7, 11) is 0. The maximum Gasteiger partial charge on any atom is 0.295 e. The van der Waals surface area contributed by atoms with Gasteiger partial charge in [-0.2, -0.15) is 4.98 Å². The topological polar surface area (TPSA) is 336 Å². The number of azide groups is 2. The van der Waals surface area contributed by atoms with Gasteiger partial charge in [0.05, 0.1) is 44.9 Å². The fraction of sp³-hybridized carbons (Fsp3) is 0.444. The number of anilines is 2. The molecule has 8 N–H and O–H groups in total. The Morgan fingerprint density at radius 2 is 1.73 bits per heavy atom. The van der Waals surface area contributed by atoms with Crippen LogP contribution in [0.3, 0.4) is 0 Å². The Bertz CT molecular complexity index is 1640. The third kappa shape index (κ3) is 15.9. The molecule has 262 valence electrons. The molecule has 1 atom stereocenters. The smallest absolute Gasteiger partial charge is 0.295 e. The number of nitrogens with one attached hydrogen (secondary N) is 4. The maximum absolute atomic E-state index is 12.6. The lowest BCUT2D eigenvalue weighted by Gasteiger charge is -2.17. The first-order valence-corrected chi connectivity index (χ1v) is 14.7. The van der Waals surface area contributed by atoms with E-state index in [1.54, 1.807) is 24.3 Å². The van der Waals surface area contributed by atoms with E-state index in [1.165, 1.54) is 6.20 Å². The van der Waals surface area contributed by atoms with Gasteiger partial charge in [-0.25, -0.2) is 9.97 Å². The molecule has 0 fully saturated rings. The van der Waals surface area contributed by atoms with Gasteiger partial charge in [0.2, 0.25) is 11.9 Å². The van der Waals surface area contributed by atoms with E-state index in [1.807, 2.05) is 0 Å². The van der Waals surface area contributed by atoms with Gasteiger partial charge >= 0.3 is 0 Å². The predicted molar refractivity (Wildman–Crippen MR) is 176 cm³/mol. The number of hydrogen-bond donors (Lipinski definition) is 6. The average Bonchev–Trinajstić information content (AvgIpc) is 3.10. The zero-order chi connectivity index (χ0) is 35.7. The second kappa shape index (κ2) is 23.3. The van der Waals surface area contributed by atoms with E-state index in [-0.39, 0.29) is 75.2 Å². The van der Waals surface area contributed by atoms with Gasteiger partial charge in [0, 0.05) is 60.1 Å². The Kier molecular flexibility index (Phi) is 18.6. The van der Waals surface area contributed by atoms with Crippen molar-refractivity contribution in [2.24, 2.45) is 16.0 Å². The second-order valence-electron chi connectivity index (χ2n) is 9.42. The maximum atomic E-state index is 12.6. The molecule has 3 rings (SSSR count). The van der Waals surface area contributed by atoms with Crippen molar-refractivity contribution in [2.75, 3.05) is 63.7 Å². The Balaban J connectivity index is 0.000000811. The SMILES string of the molecule is [N-]=[N+]=NCCOCCN.[N-]=[N+]=NCCOCCNC(=O)CC[C@H](NC(=O)c1ccc(NCc2cnc3nc(N)[nH]c(=O)c3n2)cc1)OC=O. The first kappa shape index (κ1) is 39.1. The van der Waals surface area contributed by atoms with E-state index in [0.717, 1.165) is 0 Å². The number of carbonyl (C=O) groups is 3. The van der Waals surface area contributed by atoms with Gasteiger partial charge in [-0.1, -0.05) is 10.2 Å². The van der Waals surface area contributed by atoms with Crippen LogP contribution in [0.5, 0.6) is 0 Å². The van der Waals surface area contributed by atoms with Crippen LogP contribution in [0.1, 0.15) is 28.9 Å². The normalized spacial score (nSPS) is 10.7. The van der Waals surface area contributed by atoms with Crippen LogP contribution in [-0.4, -0.2) is 97.1 Å². The van der Waals surface area contributed by atoms with E-state index in [9.17, 15) is 19.2 Å². The van der Waals surface area contributed by atoms with Crippen molar-refractivity contribution in [1.82, 2.24) is 30.6 Å². The quantitative estimate of drug-likeness (QED) is 0.0224. The molecule has 0 saturated carbocycles. The Morgan fingerprint density at radius 1 is 1.04 bits per heavy atom. The Hall–Kier alpha value is -6.05. The molecule has 0 radical (unpaired) electrons. The number of nitrogens with two attached hydrogens (primary N) is 2. The van der Waals surface area contributed by atoms with Crippen LogP contribution in [0.2, 0.25) is 0 Å². The minimum Gasteiger partial charge on any atom is -0.444 e. The predicted octanol–water partition coefficient (Wildman–Crippen LogP) is 0.632. The van der Waals surface area contributed by atoms with Crippen molar-refractivity contribution in [3.8, 4) is 0 Å². The molecule has 0 bridgehead atoms. The van der Waals surface area contributed by atoms with Crippen LogP contribution in [0.15, 0.2) is 45.5 Å². The van der Waals surface area contributed by atoms with Crippen molar-refractivity contribution >= 4 is 41.1 Å². The highest BCUT2D eigenvalue weighted by Gasteiger charge is 2.16. The molecule has 22 heteroatoms. The standard InChI is InChI=1S/C23H27N11O6.C4H10N4O/c24-23-32-20-19(22(38)33-23)30-16(12-28-20)11-27-15-3-1-14(2-4-15)21(37)31-18(40-13-35)6-5-17(36)26-7-9-39-10-8-29-34-25;5-1-3-9-4-2-7-8-6/h1-4,12-13,18,27H,5-11H2,(H,26,36)(H,31,37)(H3,24,28,32,33,38);1-5H2/t18-;/m1./s1. The number of fused-ring (bicyclic) bond motifs is 1. The number of benzene rings is 1. The first-order valence-electron chi connectivity index (χ1n) is 14.7.